The van der Waals surface area contributed by atoms with Gasteiger partial charge in [0.25, 0.3) is 0 Å². The maximum Gasteiger partial charge on any atom is 0.332 e. The van der Waals surface area contributed by atoms with Gasteiger partial charge in [-0.2, -0.15) is 0 Å². The molecule has 0 spiro atoms. The van der Waals surface area contributed by atoms with Crippen LogP contribution in [0, 0.1) is 0 Å². The summed E-state index contributed by atoms with van der Waals surface area (Å²) in [5.74, 6) is -1.78. The predicted octanol–water partition coefficient (Wildman–Crippen LogP) is -0.758. The first-order valence-electron chi connectivity index (χ1n) is 5.17. The van der Waals surface area contributed by atoms with Gasteiger partial charge in [0.15, 0.2) is 11.9 Å². The Morgan fingerprint density at radius 1 is 1.11 bits per heavy atom. The van der Waals surface area contributed by atoms with E-state index >= 15 is 0 Å². The second-order valence-electron chi connectivity index (χ2n) is 3.49. The van der Waals surface area contributed by atoms with Crippen LogP contribution in [0.3, 0.4) is 0 Å². The van der Waals surface area contributed by atoms with Crippen molar-refractivity contribution in [2.24, 2.45) is 0 Å². The quantitative estimate of drug-likeness (QED) is 0.579. The number of methoxy groups -OCH3 is 2. The Labute approximate surface area is 104 Å². The van der Waals surface area contributed by atoms with Crippen LogP contribution in [0.1, 0.15) is 0 Å². The van der Waals surface area contributed by atoms with Crippen molar-refractivity contribution in [3.8, 4) is 0 Å². The molecule has 0 radical (unpaired) electrons. The molecule has 0 N–H and O–H groups in total. The smallest absolute Gasteiger partial charge is 0.332 e. The van der Waals surface area contributed by atoms with Gasteiger partial charge in [-0.3, -0.25) is 4.79 Å². The average molecular weight is 258 g/mol. The van der Waals surface area contributed by atoms with Crippen LogP contribution >= 0.6 is 0 Å². The van der Waals surface area contributed by atoms with Gasteiger partial charge in [-0.25, -0.2) is 9.59 Å². The maximum absolute atomic E-state index is 11.4. The summed E-state index contributed by atoms with van der Waals surface area (Å²) in [5.41, 5.74) is 0. The summed E-state index contributed by atoms with van der Waals surface area (Å²) in [5, 5.41) is 0. The second kappa shape index (κ2) is 6.87. The molecule has 0 aromatic carbocycles. The highest BCUT2D eigenvalue weighted by molar-refractivity contribution is 5.98. The largest absolute Gasteiger partial charge is 0.452 e. The fraction of sp³-hybridized carbons (Fsp3) is 0.545. The third-order valence-electron chi connectivity index (χ3n) is 2.08. The molecule has 1 aliphatic carbocycles. The fourth-order valence-electron chi connectivity index (χ4n) is 1.37. The van der Waals surface area contributed by atoms with Crippen molar-refractivity contribution < 1.29 is 33.3 Å². The van der Waals surface area contributed by atoms with Crippen molar-refractivity contribution in [1.29, 1.82) is 0 Å². The summed E-state index contributed by atoms with van der Waals surface area (Å²) in [6.45, 7) is -0.514. The molecule has 0 bridgehead atoms. The Hall–Kier alpha value is -1.73. The van der Waals surface area contributed by atoms with Crippen molar-refractivity contribution in [1.82, 2.24) is 0 Å². The van der Waals surface area contributed by atoms with E-state index in [1.807, 2.05) is 0 Å². The monoisotopic (exact) mass is 258 g/mol. The van der Waals surface area contributed by atoms with Gasteiger partial charge in [-0.05, 0) is 12.2 Å². The van der Waals surface area contributed by atoms with Crippen LogP contribution in [-0.4, -0.2) is 57.4 Å². The Morgan fingerprint density at radius 2 is 1.67 bits per heavy atom. The summed E-state index contributed by atoms with van der Waals surface area (Å²) in [6, 6.07) is 0. The molecule has 0 amide bonds. The van der Waals surface area contributed by atoms with Crippen molar-refractivity contribution in [3.05, 3.63) is 12.2 Å². The molecule has 18 heavy (non-hydrogen) atoms. The van der Waals surface area contributed by atoms with Gasteiger partial charge in [-0.1, -0.05) is 0 Å². The van der Waals surface area contributed by atoms with E-state index in [1.165, 1.54) is 26.4 Å². The van der Waals surface area contributed by atoms with Crippen LogP contribution in [0.2, 0.25) is 0 Å². The number of hydrogen-bond acceptors (Lipinski definition) is 7. The third kappa shape index (κ3) is 3.94. The normalized spacial score (nSPS) is 22.0. The summed E-state index contributed by atoms with van der Waals surface area (Å²) >= 11 is 0. The first-order valence-corrected chi connectivity index (χ1v) is 5.17. The minimum Gasteiger partial charge on any atom is -0.452 e. The topological polar surface area (TPSA) is 88.1 Å². The number of esters is 2. The number of carbonyl (C=O) groups is 3. The minimum absolute atomic E-state index is 0.239. The molecule has 7 heteroatoms. The lowest BCUT2D eigenvalue weighted by Gasteiger charge is -2.18. The minimum atomic E-state index is -1.14. The van der Waals surface area contributed by atoms with Crippen molar-refractivity contribution in [2.45, 2.75) is 12.2 Å². The first-order chi connectivity index (χ1) is 8.58. The van der Waals surface area contributed by atoms with E-state index in [9.17, 15) is 14.4 Å². The zero-order chi connectivity index (χ0) is 13.5. The lowest BCUT2D eigenvalue weighted by Crippen LogP contribution is -2.37. The van der Waals surface area contributed by atoms with E-state index in [0.717, 1.165) is 0 Å². The highest BCUT2D eigenvalue weighted by Gasteiger charge is 2.36. The van der Waals surface area contributed by atoms with Crippen LogP contribution in [0.5, 0.6) is 0 Å². The summed E-state index contributed by atoms with van der Waals surface area (Å²) in [7, 11) is 2.67. The van der Waals surface area contributed by atoms with Gasteiger partial charge in [0.05, 0.1) is 0 Å². The number of hydrogen-bond donors (Lipinski definition) is 0. The number of carbonyl (C=O) groups excluding carboxylic acids is 3. The van der Waals surface area contributed by atoms with E-state index in [0.29, 0.717) is 0 Å². The van der Waals surface area contributed by atoms with Crippen LogP contribution < -0.4 is 0 Å². The number of ether oxygens (including phenoxy) is 4. The molecule has 0 fully saturated rings. The van der Waals surface area contributed by atoms with Crippen LogP contribution in [-0.2, 0) is 33.3 Å². The van der Waals surface area contributed by atoms with Gasteiger partial charge in [0, 0.05) is 14.2 Å². The second-order valence-corrected chi connectivity index (χ2v) is 3.49. The number of ketones is 1. The average Bonchev–Trinajstić information content (AvgIpc) is 2.62. The van der Waals surface area contributed by atoms with E-state index in [4.69, 9.17) is 9.47 Å². The van der Waals surface area contributed by atoms with E-state index in [1.54, 1.807) is 0 Å². The zero-order valence-corrected chi connectivity index (χ0v) is 10.1. The lowest BCUT2D eigenvalue weighted by atomic mass is 10.2. The predicted molar refractivity (Wildman–Crippen MR) is 57.7 cm³/mol. The van der Waals surface area contributed by atoms with Gasteiger partial charge in [0.2, 0.25) is 6.10 Å². The van der Waals surface area contributed by atoms with E-state index < -0.39 is 29.9 Å². The maximum atomic E-state index is 11.4. The summed E-state index contributed by atoms with van der Waals surface area (Å²) in [6.07, 6.45) is 0.505. The molecule has 0 saturated carbocycles. The van der Waals surface area contributed by atoms with Crippen LogP contribution in [0.4, 0.5) is 0 Å². The molecule has 7 nitrogen and oxygen atoms in total. The molecule has 0 saturated heterocycles. The molecule has 100 valence electrons. The highest BCUT2D eigenvalue weighted by atomic mass is 16.6. The molecule has 0 heterocycles. The van der Waals surface area contributed by atoms with Gasteiger partial charge in [-0.15, -0.1) is 0 Å². The Morgan fingerprint density at radius 3 is 2.22 bits per heavy atom. The Kier molecular flexibility index (Phi) is 5.47. The van der Waals surface area contributed by atoms with Crippen molar-refractivity contribution in [3.63, 3.8) is 0 Å². The lowest BCUT2D eigenvalue weighted by molar-refractivity contribution is -0.169. The molecule has 0 aromatic rings. The Bertz CT molecular complexity index is 360. The third-order valence-corrected chi connectivity index (χ3v) is 2.08. The molecule has 0 aliphatic heterocycles. The standard InChI is InChI=1S/C11H14O7/c1-15-5-9(13)17-8-4-3-7(12)11(8)18-10(14)6-16-2/h3-4,8,11H,5-6H2,1-2H3. The molecular weight excluding hydrogens is 244 g/mol. The first kappa shape index (κ1) is 14.3. The summed E-state index contributed by atoms with van der Waals surface area (Å²) in [4.78, 5) is 33.9. The van der Waals surface area contributed by atoms with Crippen LogP contribution in [0.15, 0.2) is 12.2 Å². The molecule has 2 unspecified atom stereocenters. The van der Waals surface area contributed by atoms with E-state index in [-0.39, 0.29) is 13.2 Å². The van der Waals surface area contributed by atoms with Gasteiger partial charge >= 0.3 is 11.9 Å². The fourth-order valence-corrected chi connectivity index (χ4v) is 1.37. The molecule has 1 rings (SSSR count). The zero-order valence-electron chi connectivity index (χ0n) is 10.1. The number of rotatable bonds is 6. The molecule has 1 aliphatic rings. The van der Waals surface area contributed by atoms with Gasteiger partial charge in [0.1, 0.15) is 13.2 Å². The van der Waals surface area contributed by atoms with Crippen molar-refractivity contribution in [2.75, 3.05) is 27.4 Å². The molecule has 2 atom stereocenters. The Balaban J connectivity index is 2.55. The van der Waals surface area contributed by atoms with Gasteiger partial charge < -0.3 is 18.9 Å². The summed E-state index contributed by atoms with van der Waals surface area (Å²) < 4.78 is 18.9. The van der Waals surface area contributed by atoms with Crippen molar-refractivity contribution >= 4 is 17.7 Å². The SMILES string of the molecule is COCC(=O)OC1C=CC(=O)C1OC(=O)COC. The molecule has 0 aromatic heterocycles. The highest BCUT2D eigenvalue weighted by Crippen LogP contribution is 2.16. The van der Waals surface area contributed by atoms with Crippen LogP contribution in [0.25, 0.3) is 0 Å². The van der Waals surface area contributed by atoms with E-state index in [2.05, 4.69) is 9.47 Å². The molecular formula is C11H14O7.